The molecule has 0 saturated carbocycles. The van der Waals surface area contributed by atoms with Crippen molar-refractivity contribution >= 4 is 69.5 Å². The first-order chi connectivity index (χ1) is 11.0. The van der Waals surface area contributed by atoms with E-state index in [4.69, 9.17) is 40.2 Å². The van der Waals surface area contributed by atoms with Gasteiger partial charge in [0.2, 0.25) is 0 Å². The van der Waals surface area contributed by atoms with Crippen molar-refractivity contribution < 1.29 is 14.3 Å². The average molecular weight is 390 g/mol. The van der Waals surface area contributed by atoms with Gasteiger partial charge < -0.3 is 4.74 Å². The Hall–Kier alpha value is -1.08. The van der Waals surface area contributed by atoms with Crippen molar-refractivity contribution in [2.75, 3.05) is 18.8 Å². The number of esters is 1. The van der Waals surface area contributed by atoms with Gasteiger partial charge in [0.15, 0.2) is 0 Å². The Morgan fingerprint density at radius 2 is 1.96 bits per heavy atom. The maximum absolute atomic E-state index is 11.9. The Kier molecular flexibility index (Phi) is 6.47. The highest BCUT2D eigenvalue weighted by molar-refractivity contribution is 8.26. The highest BCUT2D eigenvalue weighted by Crippen LogP contribution is 2.31. The second-order valence-corrected chi connectivity index (χ2v) is 6.99. The lowest BCUT2D eigenvalue weighted by molar-refractivity contribution is -0.121. The molecule has 0 aromatic heterocycles. The molecule has 0 radical (unpaired) electrons. The summed E-state index contributed by atoms with van der Waals surface area (Å²) in [5, 5.41) is 0. The SMILES string of the molecule is CN1C(=O)/C(=C\c2ccc(C(=O)OC(CCl)CCl)cc2)SC1=S. The molecule has 0 atom stereocenters. The van der Waals surface area contributed by atoms with Gasteiger partial charge in [0, 0.05) is 7.05 Å². The summed E-state index contributed by atoms with van der Waals surface area (Å²) in [6.07, 6.45) is 1.22. The Morgan fingerprint density at radius 1 is 1.35 bits per heavy atom. The molecule has 1 fully saturated rings. The first kappa shape index (κ1) is 18.3. The number of carbonyl (C=O) groups is 2. The number of amides is 1. The Bertz CT molecular complexity index is 657. The Labute approximate surface area is 153 Å². The molecular formula is C15H13Cl2NO3S2. The maximum atomic E-state index is 11.9. The normalized spacial score (nSPS) is 16.5. The van der Waals surface area contributed by atoms with Gasteiger partial charge in [-0.3, -0.25) is 9.69 Å². The van der Waals surface area contributed by atoms with Crippen LogP contribution in [0.5, 0.6) is 0 Å². The number of hydrogen-bond acceptors (Lipinski definition) is 5. The number of halogens is 2. The fourth-order valence-electron chi connectivity index (χ4n) is 1.74. The van der Waals surface area contributed by atoms with Crippen LogP contribution in [0, 0.1) is 0 Å². The molecule has 122 valence electrons. The van der Waals surface area contributed by atoms with Gasteiger partial charge in [0.1, 0.15) is 10.4 Å². The van der Waals surface area contributed by atoms with Crippen molar-refractivity contribution in [2.45, 2.75) is 6.10 Å². The minimum Gasteiger partial charge on any atom is -0.456 e. The largest absolute Gasteiger partial charge is 0.456 e. The van der Waals surface area contributed by atoms with Crippen LogP contribution in [0.15, 0.2) is 29.2 Å². The van der Waals surface area contributed by atoms with E-state index in [-0.39, 0.29) is 17.7 Å². The number of hydrogen-bond donors (Lipinski definition) is 0. The molecule has 0 aliphatic carbocycles. The van der Waals surface area contributed by atoms with Crippen molar-refractivity contribution in [1.29, 1.82) is 0 Å². The molecule has 2 rings (SSSR count). The fraction of sp³-hybridized carbons (Fsp3) is 0.267. The zero-order valence-electron chi connectivity index (χ0n) is 12.1. The topological polar surface area (TPSA) is 46.6 Å². The van der Waals surface area contributed by atoms with Gasteiger partial charge in [0.25, 0.3) is 5.91 Å². The van der Waals surface area contributed by atoms with Gasteiger partial charge in [-0.05, 0) is 23.8 Å². The summed E-state index contributed by atoms with van der Waals surface area (Å²) in [7, 11) is 1.64. The van der Waals surface area contributed by atoms with Crippen LogP contribution in [0.25, 0.3) is 6.08 Å². The zero-order valence-corrected chi connectivity index (χ0v) is 15.3. The summed E-state index contributed by atoms with van der Waals surface area (Å²) in [6.45, 7) is 0. The van der Waals surface area contributed by atoms with E-state index in [1.165, 1.54) is 16.7 Å². The summed E-state index contributed by atoms with van der Waals surface area (Å²) in [5.74, 6) is -0.323. The minimum atomic E-state index is -0.517. The number of benzene rings is 1. The van der Waals surface area contributed by atoms with E-state index in [1.54, 1.807) is 37.4 Å². The van der Waals surface area contributed by atoms with E-state index in [0.717, 1.165) is 5.56 Å². The van der Waals surface area contributed by atoms with Crippen molar-refractivity contribution in [1.82, 2.24) is 4.90 Å². The van der Waals surface area contributed by atoms with E-state index >= 15 is 0 Å². The molecule has 1 aliphatic rings. The summed E-state index contributed by atoms with van der Waals surface area (Å²) in [5.41, 5.74) is 1.19. The molecule has 1 heterocycles. The molecule has 1 aromatic carbocycles. The van der Waals surface area contributed by atoms with Crippen LogP contribution in [0.4, 0.5) is 0 Å². The van der Waals surface area contributed by atoms with Crippen LogP contribution in [0.3, 0.4) is 0 Å². The van der Waals surface area contributed by atoms with E-state index in [9.17, 15) is 9.59 Å². The number of rotatable bonds is 5. The number of likely N-dealkylation sites (N-methyl/N-ethyl adjacent to an activating group) is 1. The van der Waals surface area contributed by atoms with Crippen molar-refractivity contribution in [3.8, 4) is 0 Å². The first-order valence-electron chi connectivity index (χ1n) is 6.60. The molecule has 23 heavy (non-hydrogen) atoms. The smallest absolute Gasteiger partial charge is 0.338 e. The molecule has 0 spiro atoms. The highest BCUT2D eigenvalue weighted by atomic mass is 35.5. The Balaban J connectivity index is 2.10. The molecule has 1 aromatic rings. The average Bonchev–Trinajstić information content (AvgIpc) is 2.80. The maximum Gasteiger partial charge on any atom is 0.338 e. The van der Waals surface area contributed by atoms with Crippen LogP contribution >= 0.6 is 47.2 Å². The molecule has 1 aliphatic heterocycles. The van der Waals surface area contributed by atoms with Gasteiger partial charge in [-0.2, -0.15) is 0 Å². The van der Waals surface area contributed by atoms with Gasteiger partial charge in [-0.1, -0.05) is 36.1 Å². The molecule has 1 saturated heterocycles. The summed E-state index contributed by atoms with van der Waals surface area (Å²) in [6, 6.07) is 6.71. The number of ether oxygens (including phenoxy) is 1. The standard InChI is InChI=1S/C15H13Cl2NO3S2/c1-18-13(19)12(23-15(18)22)6-9-2-4-10(5-3-9)14(20)21-11(7-16)8-17/h2-6,11H,7-8H2,1H3/b12-6+. The van der Waals surface area contributed by atoms with E-state index in [2.05, 4.69) is 0 Å². The molecule has 1 amide bonds. The first-order valence-corrected chi connectivity index (χ1v) is 8.90. The Morgan fingerprint density at radius 3 is 2.43 bits per heavy atom. The van der Waals surface area contributed by atoms with Crippen LogP contribution in [-0.2, 0) is 9.53 Å². The van der Waals surface area contributed by atoms with Crippen molar-refractivity contribution in [3.63, 3.8) is 0 Å². The predicted octanol–water partition coefficient (Wildman–Crippen LogP) is 3.52. The predicted molar refractivity (Wildman–Crippen MR) is 98.0 cm³/mol. The van der Waals surface area contributed by atoms with Crippen LogP contribution < -0.4 is 0 Å². The molecule has 0 bridgehead atoms. The van der Waals surface area contributed by atoms with Gasteiger partial charge in [0.05, 0.1) is 22.2 Å². The summed E-state index contributed by atoms with van der Waals surface area (Å²) < 4.78 is 5.68. The molecule has 8 heteroatoms. The molecule has 0 N–H and O–H groups in total. The van der Waals surface area contributed by atoms with Crippen molar-refractivity contribution in [2.24, 2.45) is 0 Å². The van der Waals surface area contributed by atoms with Gasteiger partial charge in [-0.25, -0.2) is 4.79 Å². The summed E-state index contributed by atoms with van der Waals surface area (Å²) >= 11 is 17.6. The highest BCUT2D eigenvalue weighted by Gasteiger charge is 2.28. The quantitative estimate of drug-likeness (QED) is 0.333. The lowest BCUT2D eigenvalue weighted by Crippen LogP contribution is -2.22. The molecule has 4 nitrogen and oxygen atoms in total. The van der Waals surface area contributed by atoms with Gasteiger partial charge in [-0.15, -0.1) is 23.2 Å². The summed E-state index contributed by atoms with van der Waals surface area (Å²) in [4.78, 5) is 25.8. The second-order valence-electron chi connectivity index (χ2n) is 4.70. The molecule has 0 unspecified atom stereocenters. The van der Waals surface area contributed by atoms with Crippen molar-refractivity contribution in [3.05, 3.63) is 40.3 Å². The number of nitrogens with zero attached hydrogens (tertiary/aromatic N) is 1. The van der Waals surface area contributed by atoms with Crippen LogP contribution in [0.2, 0.25) is 0 Å². The van der Waals surface area contributed by atoms with E-state index < -0.39 is 12.1 Å². The van der Waals surface area contributed by atoms with E-state index in [1.807, 2.05) is 0 Å². The lowest BCUT2D eigenvalue weighted by Gasteiger charge is -2.12. The number of thiocarbonyl (C=S) groups is 1. The number of carbonyl (C=O) groups excluding carboxylic acids is 2. The monoisotopic (exact) mass is 389 g/mol. The third kappa shape index (κ3) is 4.47. The fourth-order valence-corrected chi connectivity index (χ4v) is 3.37. The lowest BCUT2D eigenvalue weighted by atomic mass is 10.1. The third-order valence-electron chi connectivity index (χ3n) is 3.05. The zero-order chi connectivity index (χ0) is 17.0. The number of thioether (sulfide) groups is 1. The van der Waals surface area contributed by atoms with Gasteiger partial charge >= 0.3 is 5.97 Å². The van der Waals surface area contributed by atoms with Crippen LogP contribution in [-0.4, -0.2) is 46.0 Å². The molecular weight excluding hydrogens is 377 g/mol. The number of alkyl halides is 2. The third-order valence-corrected chi connectivity index (χ3v) is 5.22. The minimum absolute atomic E-state index is 0.129. The van der Waals surface area contributed by atoms with E-state index in [0.29, 0.717) is 14.8 Å². The van der Waals surface area contributed by atoms with Crippen LogP contribution in [0.1, 0.15) is 15.9 Å². The second kappa shape index (κ2) is 8.15.